The maximum Gasteiger partial charge on any atom is 0.223 e. The van der Waals surface area contributed by atoms with Gasteiger partial charge in [-0.15, -0.1) is 0 Å². The summed E-state index contributed by atoms with van der Waals surface area (Å²) in [6.07, 6.45) is 8.26. The van der Waals surface area contributed by atoms with Crippen LogP contribution < -0.4 is 5.32 Å². The topological polar surface area (TPSA) is 32.3 Å². The van der Waals surface area contributed by atoms with E-state index in [1.807, 2.05) is 0 Å². The monoisotopic (exact) mass is 368 g/mol. The third kappa shape index (κ3) is 4.23. The SMILES string of the molecule is CC(C)(C)CCN1CCC2(CC[C@@H](NC(=O)C3CC3)c3ccccc32)CC1. The second kappa shape index (κ2) is 7.24. The molecule has 148 valence electrons. The van der Waals surface area contributed by atoms with Crippen LogP contribution in [0.5, 0.6) is 0 Å². The molecule has 1 aromatic carbocycles. The van der Waals surface area contributed by atoms with Crippen molar-refractivity contribution in [3.8, 4) is 0 Å². The van der Waals surface area contributed by atoms with Crippen molar-refractivity contribution in [3.05, 3.63) is 35.4 Å². The number of piperidine rings is 1. The summed E-state index contributed by atoms with van der Waals surface area (Å²) in [5.74, 6) is 0.571. The molecule has 1 aliphatic heterocycles. The molecule has 4 rings (SSSR count). The van der Waals surface area contributed by atoms with Crippen molar-refractivity contribution < 1.29 is 4.79 Å². The molecule has 27 heavy (non-hydrogen) atoms. The first kappa shape index (κ1) is 19.0. The molecule has 1 atom stereocenters. The molecule has 1 saturated heterocycles. The summed E-state index contributed by atoms with van der Waals surface area (Å²) < 4.78 is 0. The molecule has 1 spiro atoms. The van der Waals surface area contributed by atoms with E-state index in [4.69, 9.17) is 0 Å². The Kier molecular flexibility index (Phi) is 5.09. The Bertz CT molecular complexity index is 678. The Hall–Kier alpha value is -1.35. The summed E-state index contributed by atoms with van der Waals surface area (Å²) >= 11 is 0. The summed E-state index contributed by atoms with van der Waals surface area (Å²) in [5, 5.41) is 3.36. The molecular weight excluding hydrogens is 332 g/mol. The largest absolute Gasteiger partial charge is 0.349 e. The zero-order valence-electron chi connectivity index (χ0n) is 17.4. The molecule has 0 aromatic heterocycles. The molecule has 1 N–H and O–H groups in total. The Morgan fingerprint density at radius 2 is 1.81 bits per heavy atom. The summed E-state index contributed by atoms with van der Waals surface area (Å²) in [7, 11) is 0. The molecule has 0 radical (unpaired) electrons. The highest BCUT2D eigenvalue weighted by atomic mass is 16.2. The Labute approximate surface area is 164 Å². The predicted octanol–water partition coefficient (Wildman–Crippen LogP) is 4.82. The first-order chi connectivity index (χ1) is 12.9. The third-order valence-electron chi connectivity index (χ3n) is 7.07. The standard InChI is InChI=1S/C24H36N2O/c1-23(2,3)12-15-26-16-13-24(14-17-26)11-10-21(25-22(27)18-8-9-18)19-6-4-5-7-20(19)24/h4-7,18,21H,8-17H2,1-3H3,(H,25,27)/t21-/m1/s1. The van der Waals surface area contributed by atoms with Gasteiger partial charge in [0.2, 0.25) is 5.91 Å². The van der Waals surface area contributed by atoms with Crippen LogP contribution in [-0.2, 0) is 10.2 Å². The van der Waals surface area contributed by atoms with Gasteiger partial charge >= 0.3 is 0 Å². The molecular formula is C24H36N2O. The van der Waals surface area contributed by atoms with E-state index in [9.17, 15) is 4.79 Å². The minimum atomic E-state index is 0.221. The van der Waals surface area contributed by atoms with Gasteiger partial charge in [0.05, 0.1) is 6.04 Å². The number of amides is 1. The molecule has 0 bridgehead atoms. The van der Waals surface area contributed by atoms with Gasteiger partial charge in [-0.1, -0.05) is 45.0 Å². The highest BCUT2D eigenvalue weighted by Gasteiger charge is 2.42. The highest BCUT2D eigenvalue weighted by molar-refractivity contribution is 5.81. The van der Waals surface area contributed by atoms with Gasteiger partial charge < -0.3 is 10.2 Å². The molecule has 0 unspecified atom stereocenters. The summed E-state index contributed by atoms with van der Waals surface area (Å²) in [6, 6.07) is 9.17. The lowest BCUT2D eigenvalue weighted by atomic mass is 9.63. The van der Waals surface area contributed by atoms with E-state index in [0.29, 0.717) is 16.7 Å². The minimum absolute atomic E-state index is 0.221. The van der Waals surface area contributed by atoms with Crippen molar-refractivity contribution in [3.63, 3.8) is 0 Å². The molecule has 3 nitrogen and oxygen atoms in total. The van der Waals surface area contributed by atoms with E-state index in [-0.39, 0.29) is 11.9 Å². The molecule has 1 heterocycles. The van der Waals surface area contributed by atoms with Crippen molar-refractivity contribution in [2.24, 2.45) is 11.3 Å². The first-order valence-electron chi connectivity index (χ1n) is 11.0. The van der Waals surface area contributed by atoms with Gasteiger partial charge in [0.15, 0.2) is 0 Å². The van der Waals surface area contributed by atoms with Gasteiger partial charge in [0, 0.05) is 5.92 Å². The number of benzene rings is 1. The lowest BCUT2D eigenvalue weighted by molar-refractivity contribution is -0.123. The van der Waals surface area contributed by atoms with Crippen molar-refractivity contribution >= 4 is 5.91 Å². The zero-order chi connectivity index (χ0) is 19.1. The summed E-state index contributed by atoms with van der Waals surface area (Å²) in [5.41, 5.74) is 3.66. The van der Waals surface area contributed by atoms with Crippen molar-refractivity contribution in [1.29, 1.82) is 0 Å². The number of rotatable bonds is 4. The maximum atomic E-state index is 12.3. The minimum Gasteiger partial charge on any atom is -0.349 e. The van der Waals surface area contributed by atoms with Crippen LogP contribution in [0.15, 0.2) is 24.3 Å². The van der Waals surface area contributed by atoms with E-state index in [0.717, 1.165) is 19.3 Å². The lowest BCUT2D eigenvalue weighted by Gasteiger charge is -2.47. The molecule has 2 aliphatic carbocycles. The van der Waals surface area contributed by atoms with Gasteiger partial charge in [-0.3, -0.25) is 4.79 Å². The lowest BCUT2D eigenvalue weighted by Crippen LogP contribution is -2.46. The second-order valence-electron chi connectivity index (χ2n) is 10.4. The second-order valence-corrected chi connectivity index (χ2v) is 10.4. The summed E-state index contributed by atoms with van der Waals surface area (Å²) in [4.78, 5) is 15.0. The average molecular weight is 369 g/mol. The van der Waals surface area contributed by atoms with Crippen LogP contribution in [0.25, 0.3) is 0 Å². The molecule has 3 aliphatic rings. The van der Waals surface area contributed by atoms with Gasteiger partial charge in [-0.25, -0.2) is 0 Å². The predicted molar refractivity (Wildman–Crippen MR) is 111 cm³/mol. The first-order valence-corrected chi connectivity index (χ1v) is 11.0. The Morgan fingerprint density at radius 1 is 1.11 bits per heavy atom. The quantitative estimate of drug-likeness (QED) is 0.826. The summed E-state index contributed by atoms with van der Waals surface area (Å²) in [6.45, 7) is 10.7. The van der Waals surface area contributed by atoms with Gasteiger partial charge in [-0.2, -0.15) is 0 Å². The third-order valence-corrected chi connectivity index (χ3v) is 7.07. The number of carbonyl (C=O) groups excluding carboxylic acids is 1. The van der Waals surface area contributed by atoms with Crippen LogP contribution in [0.1, 0.15) is 82.9 Å². The number of nitrogens with one attached hydrogen (secondary N) is 1. The Balaban J connectivity index is 1.45. The average Bonchev–Trinajstić information content (AvgIpc) is 3.49. The molecule has 2 fully saturated rings. The fraction of sp³-hybridized carbons (Fsp3) is 0.708. The van der Waals surface area contributed by atoms with E-state index in [2.05, 4.69) is 55.3 Å². The fourth-order valence-electron chi connectivity index (χ4n) is 5.00. The normalized spacial score (nSPS) is 25.2. The van der Waals surface area contributed by atoms with Gasteiger partial charge in [-0.05, 0) is 86.5 Å². The number of likely N-dealkylation sites (tertiary alicyclic amines) is 1. The smallest absolute Gasteiger partial charge is 0.223 e. The number of hydrogen-bond acceptors (Lipinski definition) is 2. The Morgan fingerprint density at radius 3 is 2.48 bits per heavy atom. The van der Waals surface area contributed by atoms with Crippen LogP contribution in [0.3, 0.4) is 0 Å². The van der Waals surface area contributed by atoms with Crippen LogP contribution >= 0.6 is 0 Å². The van der Waals surface area contributed by atoms with Crippen LogP contribution in [0, 0.1) is 11.3 Å². The van der Waals surface area contributed by atoms with E-state index in [1.165, 1.54) is 56.4 Å². The van der Waals surface area contributed by atoms with E-state index < -0.39 is 0 Å². The van der Waals surface area contributed by atoms with Crippen LogP contribution in [0.4, 0.5) is 0 Å². The molecule has 1 amide bonds. The zero-order valence-corrected chi connectivity index (χ0v) is 17.4. The van der Waals surface area contributed by atoms with E-state index >= 15 is 0 Å². The van der Waals surface area contributed by atoms with Crippen molar-refractivity contribution in [1.82, 2.24) is 10.2 Å². The molecule has 3 heteroatoms. The number of carbonyl (C=O) groups is 1. The van der Waals surface area contributed by atoms with E-state index in [1.54, 1.807) is 0 Å². The van der Waals surface area contributed by atoms with Crippen LogP contribution in [0.2, 0.25) is 0 Å². The van der Waals surface area contributed by atoms with Crippen LogP contribution in [-0.4, -0.2) is 30.4 Å². The van der Waals surface area contributed by atoms with Crippen molar-refractivity contribution in [2.45, 2.75) is 77.2 Å². The number of fused-ring (bicyclic) bond motifs is 2. The molecule has 1 aromatic rings. The highest BCUT2D eigenvalue weighted by Crippen LogP contribution is 2.48. The van der Waals surface area contributed by atoms with Gasteiger partial charge in [0.25, 0.3) is 0 Å². The maximum absolute atomic E-state index is 12.3. The molecule has 1 saturated carbocycles. The van der Waals surface area contributed by atoms with Crippen molar-refractivity contribution in [2.75, 3.05) is 19.6 Å². The van der Waals surface area contributed by atoms with Gasteiger partial charge in [0.1, 0.15) is 0 Å². The number of nitrogens with zero attached hydrogens (tertiary/aromatic N) is 1. The fourth-order valence-corrected chi connectivity index (χ4v) is 5.00. The number of hydrogen-bond donors (Lipinski definition) is 1.